The van der Waals surface area contributed by atoms with Crippen LogP contribution in [0.4, 0.5) is 5.13 Å². The van der Waals surface area contributed by atoms with E-state index in [0.29, 0.717) is 11.8 Å². The van der Waals surface area contributed by atoms with Gasteiger partial charge in [0.05, 0.1) is 10.2 Å². The summed E-state index contributed by atoms with van der Waals surface area (Å²) in [6.45, 7) is 5.74. The second kappa shape index (κ2) is 7.75. The van der Waals surface area contributed by atoms with Crippen molar-refractivity contribution in [2.45, 2.75) is 6.92 Å². The Bertz CT molecular complexity index is 1280. The Labute approximate surface area is 192 Å². The van der Waals surface area contributed by atoms with Gasteiger partial charge in [0.2, 0.25) is 0 Å². The van der Waals surface area contributed by atoms with Crippen molar-refractivity contribution < 1.29 is 4.79 Å². The van der Waals surface area contributed by atoms with Crippen LogP contribution in [0.5, 0.6) is 0 Å². The van der Waals surface area contributed by atoms with Crippen molar-refractivity contribution >= 4 is 32.6 Å². The fourth-order valence-electron chi connectivity index (χ4n) is 5.18. The molecule has 6 rings (SSSR count). The van der Waals surface area contributed by atoms with E-state index in [-0.39, 0.29) is 5.91 Å². The van der Waals surface area contributed by atoms with E-state index in [2.05, 4.69) is 53.1 Å². The van der Waals surface area contributed by atoms with Crippen LogP contribution in [0.1, 0.15) is 15.9 Å². The van der Waals surface area contributed by atoms with Gasteiger partial charge in [0.25, 0.3) is 5.91 Å². The molecule has 160 valence electrons. The Balaban J connectivity index is 1.19. The number of aromatic nitrogens is 1. The molecule has 0 aliphatic carbocycles. The molecule has 4 aromatic rings. The molecule has 2 saturated heterocycles. The zero-order valence-electron chi connectivity index (χ0n) is 18.1. The summed E-state index contributed by atoms with van der Waals surface area (Å²) >= 11 is 1.79. The molecule has 2 fully saturated rings. The van der Waals surface area contributed by atoms with Gasteiger partial charge >= 0.3 is 0 Å². The van der Waals surface area contributed by atoms with Crippen molar-refractivity contribution in [3.63, 3.8) is 0 Å². The van der Waals surface area contributed by atoms with Crippen LogP contribution in [0.2, 0.25) is 0 Å². The molecule has 3 aromatic carbocycles. The minimum atomic E-state index is 0.154. The minimum Gasteiger partial charge on any atom is -0.347 e. The number of rotatable bonds is 3. The number of carbonyl (C=O) groups is 1. The number of anilines is 1. The maximum Gasteiger partial charge on any atom is 0.254 e. The van der Waals surface area contributed by atoms with E-state index in [1.54, 1.807) is 11.3 Å². The molecule has 2 unspecified atom stereocenters. The first-order chi connectivity index (χ1) is 15.7. The summed E-state index contributed by atoms with van der Waals surface area (Å²) in [5, 5.41) is 1.12. The Hall–Kier alpha value is -3.18. The summed E-state index contributed by atoms with van der Waals surface area (Å²) in [5.41, 5.74) is 5.27. The van der Waals surface area contributed by atoms with E-state index in [1.165, 1.54) is 10.3 Å². The van der Waals surface area contributed by atoms with Crippen molar-refractivity contribution in [1.29, 1.82) is 0 Å². The van der Waals surface area contributed by atoms with E-state index in [4.69, 9.17) is 4.98 Å². The average Bonchev–Trinajstić information content (AvgIpc) is 3.52. The van der Waals surface area contributed by atoms with Gasteiger partial charge in [0.1, 0.15) is 0 Å². The molecule has 2 atom stereocenters. The van der Waals surface area contributed by atoms with Gasteiger partial charge in [-0.1, -0.05) is 65.9 Å². The molecule has 0 radical (unpaired) electrons. The topological polar surface area (TPSA) is 36.4 Å². The van der Waals surface area contributed by atoms with E-state index >= 15 is 0 Å². The third kappa shape index (κ3) is 3.37. The predicted molar refractivity (Wildman–Crippen MR) is 131 cm³/mol. The van der Waals surface area contributed by atoms with E-state index in [1.807, 2.05) is 36.4 Å². The Kier molecular flexibility index (Phi) is 4.72. The summed E-state index contributed by atoms with van der Waals surface area (Å²) in [5.74, 6) is 1.18. The van der Waals surface area contributed by atoms with E-state index in [0.717, 1.165) is 53.5 Å². The first-order valence-electron chi connectivity index (χ1n) is 11.2. The fourth-order valence-corrected chi connectivity index (χ4v) is 6.26. The van der Waals surface area contributed by atoms with Crippen molar-refractivity contribution in [2.75, 3.05) is 31.1 Å². The number of nitrogens with zero attached hydrogens (tertiary/aromatic N) is 3. The monoisotopic (exact) mass is 439 g/mol. The maximum atomic E-state index is 13.5. The number of aryl methyl sites for hydroxylation is 1. The average molecular weight is 440 g/mol. The van der Waals surface area contributed by atoms with Crippen molar-refractivity contribution in [2.24, 2.45) is 11.8 Å². The van der Waals surface area contributed by atoms with Gasteiger partial charge < -0.3 is 9.80 Å². The lowest BCUT2D eigenvalue weighted by atomic mass is 9.99. The number of amides is 1. The molecule has 1 amide bonds. The highest BCUT2D eigenvalue weighted by Gasteiger charge is 2.42. The lowest BCUT2D eigenvalue weighted by molar-refractivity contribution is 0.0783. The highest BCUT2D eigenvalue weighted by molar-refractivity contribution is 7.22. The zero-order valence-corrected chi connectivity index (χ0v) is 18.9. The molecular weight excluding hydrogens is 414 g/mol. The van der Waals surface area contributed by atoms with Crippen LogP contribution < -0.4 is 4.90 Å². The Morgan fingerprint density at radius 1 is 0.906 bits per heavy atom. The van der Waals surface area contributed by atoms with E-state index in [9.17, 15) is 4.79 Å². The van der Waals surface area contributed by atoms with Gasteiger partial charge in [-0.15, -0.1) is 0 Å². The molecule has 0 bridgehead atoms. The van der Waals surface area contributed by atoms with Gasteiger partial charge in [0, 0.05) is 43.6 Å². The fraction of sp³-hybridized carbons (Fsp3) is 0.259. The maximum absolute atomic E-state index is 13.5. The van der Waals surface area contributed by atoms with Crippen LogP contribution in [0.15, 0.2) is 72.8 Å². The summed E-state index contributed by atoms with van der Waals surface area (Å²) in [7, 11) is 0. The summed E-state index contributed by atoms with van der Waals surface area (Å²) in [6, 6.07) is 24.7. The van der Waals surface area contributed by atoms with Crippen molar-refractivity contribution in [1.82, 2.24) is 9.88 Å². The molecule has 4 nitrogen and oxygen atoms in total. The zero-order chi connectivity index (χ0) is 21.7. The van der Waals surface area contributed by atoms with Gasteiger partial charge in [-0.2, -0.15) is 0 Å². The number of thiazole rings is 1. The van der Waals surface area contributed by atoms with Crippen molar-refractivity contribution in [3.05, 3.63) is 83.9 Å². The highest BCUT2D eigenvalue weighted by Crippen LogP contribution is 2.38. The van der Waals surface area contributed by atoms with Crippen LogP contribution in [-0.4, -0.2) is 42.0 Å². The lowest BCUT2D eigenvalue weighted by Gasteiger charge is -2.22. The second-order valence-corrected chi connectivity index (χ2v) is 10.0. The molecule has 0 saturated carbocycles. The summed E-state index contributed by atoms with van der Waals surface area (Å²) in [4.78, 5) is 22.8. The largest absolute Gasteiger partial charge is 0.347 e. The first kappa shape index (κ1) is 19.5. The van der Waals surface area contributed by atoms with Crippen LogP contribution >= 0.6 is 11.3 Å². The molecule has 2 aliphatic rings. The molecular formula is C27H25N3OS. The van der Waals surface area contributed by atoms with Crippen molar-refractivity contribution in [3.8, 4) is 11.1 Å². The molecule has 32 heavy (non-hydrogen) atoms. The lowest BCUT2D eigenvalue weighted by Crippen LogP contribution is -2.33. The standard InChI is InChI=1S/C27H25N3OS/c1-18-11-12-24-25(13-18)32-27(28-24)30-16-20-14-29(15-21(20)17-30)26(31)23-10-6-5-9-22(23)19-7-3-2-4-8-19/h2-13,20-21H,14-17H2,1H3. The van der Waals surface area contributed by atoms with E-state index < -0.39 is 0 Å². The van der Waals surface area contributed by atoms with Gasteiger partial charge in [-0.3, -0.25) is 4.79 Å². The minimum absolute atomic E-state index is 0.154. The molecule has 3 heterocycles. The Morgan fingerprint density at radius 3 is 2.41 bits per heavy atom. The number of hydrogen-bond donors (Lipinski definition) is 0. The van der Waals surface area contributed by atoms with Crippen LogP contribution in [0, 0.1) is 18.8 Å². The normalized spacial score (nSPS) is 20.2. The summed E-state index contributed by atoms with van der Waals surface area (Å²) in [6.07, 6.45) is 0. The number of benzene rings is 3. The Morgan fingerprint density at radius 2 is 1.62 bits per heavy atom. The quantitative estimate of drug-likeness (QED) is 0.424. The van der Waals surface area contributed by atoms with Crippen LogP contribution in [0.3, 0.4) is 0 Å². The number of carbonyl (C=O) groups excluding carboxylic acids is 1. The number of hydrogen-bond acceptors (Lipinski definition) is 4. The third-order valence-electron chi connectivity index (χ3n) is 6.82. The smallest absolute Gasteiger partial charge is 0.254 e. The van der Waals surface area contributed by atoms with Crippen LogP contribution in [0.25, 0.3) is 21.3 Å². The number of likely N-dealkylation sites (tertiary alicyclic amines) is 1. The van der Waals surface area contributed by atoms with Crippen LogP contribution in [-0.2, 0) is 0 Å². The number of fused-ring (bicyclic) bond motifs is 2. The third-order valence-corrected chi connectivity index (χ3v) is 7.90. The molecule has 0 spiro atoms. The summed E-state index contributed by atoms with van der Waals surface area (Å²) < 4.78 is 1.26. The second-order valence-electron chi connectivity index (χ2n) is 9.01. The van der Waals surface area contributed by atoms with Gasteiger partial charge in [-0.25, -0.2) is 4.98 Å². The first-order valence-corrected chi connectivity index (χ1v) is 12.0. The SMILES string of the molecule is Cc1ccc2nc(N3CC4CN(C(=O)c5ccccc5-c5ccccc5)CC4C3)sc2c1. The molecule has 1 aromatic heterocycles. The predicted octanol–water partition coefficient (Wildman–Crippen LogP) is 5.48. The molecule has 5 heteroatoms. The molecule has 2 aliphatic heterocycles. The van der Waals surface area contributed by atoms with Gasteiger partial charge in [0.15, 0.2) is 5.13 Å². The van der Waals surface area contributed by atoms with Gasteiger partial charge in [-0.05, 0) is 41.8 Å². The highest BCUT2D eigenvalue weighted by atomic mass is 32.1. The molecule has 0 N–H and O–H groups in total.